The summed E-state index contributed by atoms with van der Waals surface area (Å²) in [5.74, 6) is -0.181. The smallest absolute Gasteiger partial charge is 0.337 e. The van der Waals surface area contributed by atoms with Gasteiger partial charge in [0.25, 0.3) is 0 Å². The van der Waals surface area contributed by atoms with Crippen molar-refractivity contribution in [2.75, 3.05) is 0 Å². The summed E-state index contributed by atoms with van der Waals surface area (Å²) in [4.78, 5) is 14.7. The fraction of sp³-hybridized carbons (Fsp3) is 0.200. The summed E-state index contributed by atoms with van der Waals surface area (Å²) in [6.07, 6.45) is 2.30. The van der Waals surface area contributed by atoms with Crippen molar-refractivity contribution < 1.29 is 14.6 Å². The van der Waals surface area contributed by atoms with E-state index in [-0.39, 0.29) is 5.56 Å². The Balaban J connectivity index is 1.99. The van der Waals surface area contributed by atoms with Crippen LogP contribution in [-0.4, -0.2) is 16.1 Å². The van der Waals surface area contributed by atoms with Gasteiger partial charge in [0.05, 0.1) is 11.3 Å². The number of hydrogen-bond donors (Lipinski definition) is 1. The van der Waals surface area contributed by atoms with Crippen LogP contribution in [-0.2, 0) is 13.0 Å². The molecule has 98 valence electrons. The highest BCUT2D eigenvalue weighted by Crippen LogP contribution is 2.15. The van der Waals surface area contributed by atoms with Gasteiger partial charge in [-0.15, -0.1) is 0 Å². The number of benzene rings is 1. The highest BCUT2D eigenvalue weighted by molar-refractivity contribution is 5.87. The van der Waals surface area contributed by atoms with E-state index in [2.05, 4.69) is 11.9 Å². The van der Waals surface area contributed by atoms with Crippen LogP contribution in [0.25, 0.3) is 0 Å². The molecular formula is C15H15NO3. The zero-order chi connectivity index (χ0) is 13.7. The number of hydrogen-bond acceptors (Lipinski definition) is 3. The van der Waals surface area contributed by atoms with Crippen LogP contribution < -0.4 is 4.74 Å². The molecule has 0 spiro atoms. The van der Waals surface area contributed by atoms with Crippen LogP contribution >= 0.6 is 0 Å². The van der Waals surface area contributed by atoms with Crippen molar-refractivity contribution in [3.05, 3.63) is 59.4 Å². The molecule has 0 amide bonds. The van der Waals surface area contributed by atoms with Crippen LogP contribution in [0.15, 0.2) is 42.6 Å². The summed E-state index contributed by atoms with van der Waals surface area (Å²) in [7, 11) is 0. The molecule has 0 unspecified atom stereocenters. The fourth-order valence-corrected chi connectivity index (χ4v) is 1.65. The maximum absolute atomic E-state index is 10.7. The molecule has 1 N–H and O–H groups in total. The maximum atomic E-state index is 10.7. The Bertz CT molecular complexity index is 564. The van der Waals surface area contributed by atoms with Crippen molar-refractivity contribution in [3.63, 3.8) is 0 Å². The molecule has 0 radical (unpaired) electrons. The number of pyridine rings is 1. The minimum absolute atomic E-state index is 0.178. The highest BCUT2D eigenvalue weighted by atomic mass is 16.5. The summed E-state index contributed by atoms with van der Waals surface area (Å²) < 4.78 is 5.62. The number of aromatic nitrogens is 1. The second-order valence-electron chi connectivity index (χ2n) is 4.13. The quantitative estimate of drug-likeness (QED) is 0.894. The molecular weight excluding hydrogens is 242 g/mol. The number of carbonyl (C=O) groups is 1. The Morgan fingerprint density at radius 2 is 2.16 bits per heavy atom. The molecule has 0 fully saturated rings. The topological polar surface area (TPSA) is 59.4 Å². The third kappa shape index (κ3) is 3.55. The molecule has 2 aromatic rings. The van der Waals surface area contributed by atoms with Gasteiger partial charge in [0.15, 0.2) is 0 Å². The van der Waals surface area contributed by atoms with Gasteiger partial charge < -0.3 is 9.84 Å². The van der Waals surface area contributed by atoms with Gasteiger partial charge in [0, 0.05) is 6.20 Å². The number of aromatic carboxylic acids is 1. The number of aryl methyl sites for hydroxylation is 1. The lowest BCUT2D eigenvalue weighted by atomic mass is 10.2. The van der Waals surface area contributed by atoms with E-state index in [0.717, 1.165) is 12.2 Å². The van der Waals surface area contributed by atoms with Crippen LogP contribution in [0.2, 0.25) is 0 Å². The SMILES string of the molecule is CCc1cccc(OCc2ccc(C(=O)O)cn2)c1. The van der Waals surface area contributed by atoms with E-state index in [1.165, 1.54) is 17.8 Å². The predicted octanol–water partition coefficient (Wildman–Crippen LogP) is 2.92. The Kier molecular flexibility index (Phi) is 4.13. The molecule has 19 heavy (non-hydrogen) atoms. The summed E-state index contributed by atoms with van der Waals surface area (Å²) in [5, 5.41) is 8.77. The first-order chi connectivity index (χ1) is 9.19. The summed E-state index contributed by atoms with van der Waals surface area (Å²) in [6, 6.07) is 11.1. The molecule has 0 aliphatic rings. The second kappa shape index (κ2) is 6.00. The minimum atomic E-state index is -0.976. The van der Waals surface area contributed by atoms with Gasteiger partial charge in [0.1, 0.15) is 12.4 Å². The average molecular weight is 257 g/mol. The van der Waals surface area contributed by atoms with Crippen LogP contribution in [0.3, 0.4) is 0 Å². The summed E-state index contributed by atoms with van der Waals surface area (Å²) in [5.41, 5.74) is 2.09. The largest absolute Gasteiger partial charge is 0.487 e. The predicted molar refractivity (Wildman–Crippen MR) is 71.3 cm³/mol. The van der Waals surface area contributed by atoms with Crippen molar-refractivity contribution in [1.29, 1.82) is 0 Å². The third-order valence-corrected chi connectivity index (χ3v) is 2.77. The molecule has 0 bridgehead atoms. The van der Waals surface area contributed by atoms with Crippen molar-refractivity contribution in [2.45, 2.75) is 20.0 Å². The lowest BCUT2D eigenvalue weighted by molar-refractivity contribution is 0.0696. The van der Waals surface area contributed by atoms with E-state index >= 15 is 0 Å². The zero-order valence-corrected chi connectivity index (χ0v) is 10.7. The van der Waals surface area contributed by atoms with Gasteiger partial charge in [-0.1, -0.05) is 19.1 Å². The van der Waals surface area contributed by atoms with Gasteiger partial charge >= 0.3 is 5.97 Å². The first-order valence-electron chi connectivity index (χ1n) is 6.09. The summed E-state index contributed by atoms with van der Waals surface area (Å²) in [6.45, 7) is 2.42. The molecule has 0 aliphatic carbocycles. The first-order valence-corrected chi connectivity index (χ1v) is 6.09. The Hall–Kier alpha value is -2.36. The fourth-order valence-electron chi connectivity index (χ4n) is 1.65. The molecule has 0 saturated carbocycles. The van der Waals surface area contributed by atoms with E-state index in [1.54, 1.807) is 6.07 Å². The van der Waals surface area contributed by atoms with Gasteiger partial charge in [-0.2, -0.15) is 0 Å². The maximum Gasteiger partial charge on any atom is 0.337 e. The van der Waals surface area contributed by atoms with Crippen molar-refractivity contribution in [2.24, 2.45) is 0 Å². The Morgan fingerprint density at radius 3 is 2.79 bits per heavy atom. The summed E-state index contributed by atoms with van der Waals surface area (Å²) >= 11 is 0. The van der Waals surface area contributed by atoms with E-state index < -0.39 is 5.97 Å². The molecule has 4 nitrogen and oxygen atoms in total. The van der Waals surface area contributed by atoms with Gasteiger partial charge in [-0.25, -0.2) is 4.79 Å². The van der Waals surface area contributed by atoms with Crippen LogP contribution in [0.4, 0.5) is 0 Å². The number of nitrogens with zero attached hydrogens (tertiary/aromatic N) is 1. The molecule has 1 aromatic heterocycles. The second-order valence-corrected chi connectivity index (χ2v) is 4.13. The lowest BCUT2D eigenvalue weighted by Gasteiger charge is -2.07. The van der Waals surface area contributed by atoms with E-state index in [0.29, 0.717) is 12.3 Å². The van der Waals surface area contributed by atoms with Gasteiger partial charge in [-0.05, 0) is 36.2 Å². The highest BCUT2D eigenvalue weighted by Gasteiger charge is 2.03. The van der Waals surface area contributed by atoms with Crippen molar-refractivity contribution >= 4 is 5.97 Å². The van der Waals surface area contributed by atoms with Crippen LogP contribution in [0, 0.1) is 0 Å². The van der Waals surface area contributed by atoms with E-state index in [9.17, 15) is 4.79 Å². The number of rotatable bonds is 5. The number of carboxylic acids is 1. The van der Waals surface area contributed by atoms with Crippen molar-refractivity contribution in [3.8, 4) is 5.75 Å². The molecule has 4 heteroatoms. The first kappa shape index (κ1) is 13.1. The Morgan fingerprint density at radius 1 is 1.32 bits per heavy atom. The van der Waals surface area contributed by atoms with Gasteiger partial charge in [-0.3, -0.25) is 4.98 Å². The standard InChI is InChI=1S/C15H15NO3/c1-2-11-4-3-5-14(8-11)19-10-13-7-6-12(9-16-13)15(17)18/h3-9H,2,10H2,1H3,(H,17,18). The normalized spacial score (nSPS) is 10.2. The molecule has 2 rings (SSSR count). The minimum Gasteiger partial charge on any atom is -0.487 e. The lowest BCUT2D eigenvalue weighted by Crippen LogP contribution is -2.01. The Labute approximate surface area is 111 Å². The molecule has 0 aliphatic heterocycles. The molecule has 1 aromatic carbocycles. The van der Waals surface area contributed by atoms with Crippen molar-refractivity contribution in [1.82, 2.24) is 4.98 Å². The average Bonchev–Trinajstić information content (AvgIpc) is 2.46. The van der Waals surface area contributed by atoms with E-state index in [4.69, 9.17) is 9.84 Å². The molecule has 0 atom stereocenters. The van der Waals surface area contributed by atoms with E-state index in [1.807, 2.05) is 24.3 Å². The molecule has 0 saturated heterocycles. The number of carboxylic acid groups (broad SMARTS) is 1. The molecule has 1 heterocycles. The van der Waals surface area contributed by atoms with Crippen LogP contribution in [0.5, 0.6) is 5.75 Å². The van der Waals surface area contributed by atoms with Gasteiger partial charge in [0.2, 0.25) is 0 Å². The van der Waals surface area contributed by atoms with Crippen LogP contribution in [0.1, 0.15) is 28.5 Å². The monoisotopic (exact) mass is 257 g/mol. The number of ether oxygens (including phenoxy) is 1. The zero-order valence-electron chi connectivity index (χ0n) is 10.7. The third-order valence-electron chi connectivity index (χ3n) is 2.77.